The van der Waals surface area contributed by atoms with E-state index in [0.717, 1.165) is 43.5 Å². The Morgan fingerprint density at radius 3 is 2.79 bits per heavy atom. The number of aromatic nitrogens is 2. The summed E-state index contributed by atoms with van der Waals surface area (Å²) in [6, 6.07) is 5.94. The van der Waals surface area contributed by atoms with Gasteiger partial charge < -0.3 is 24.1 Å². The van der Waals surface area contributed by atoms with Crippen LogP contribution >= 0.6 is 0 Å². The smallest absolute Gasteiger partial charge is 0.317 e. The minimum absolute atomic E-state index is 0.0390. The van der Waals surface area contributed by atoms with Gasteiger partial charge in [-0.2, -0.15) is 0 Å². The van der Waals surface area contributed by atoms with Crippen molar-refractivity contribution in [3.63, 3.8) is 0 Å². The minimum atomic E-state index is 0.0390. The van der Waals surface area contributed by atoms with E-state index in [-0.39, 0.29) is 18.7 Å². The topological polar surface area (TPSA) is 89.7 Å². The maximum atomic E-state index is 12.7. The number of carbonyl (C=O) groups excluding carboxylic acids is 1. The Balaban J connectivity index is 1.24. The van der Waals surface area contributed by atoms with Crippen molar-refractivity contribution in [3.05, 3.63) is 24.1 Å². The first-order chi connectivity index (χ1) is 14.3. The first kappa shape index (κ1) is 18.3. The van der Waals surface area contributed by atoms with E-state index in [1.807, 2.05) is 23.1 Å². The minimum Gasteiger partial charge on any atom is -0.454 e. The highest BCUT2D eigenvalue weighted by Gasteiger charge is 2.30. The van der Waals surface area contributed by atoms with Crippen LogP contribution in [0.25, 0.3) is 11.5 Å². The highest BCUT2D eigenvalue weighted by atomic mass is 16.7. The fourth-order valence-electron chi connectivity index (χ4n) is 4.42. The van der Waals surface area contributed by atoms with Crippen LogP contribution in [0.3, 0.4) is 0 Å². The molecule has 0 spiro atoms. The van der Waals surface area contributed by atoms with Gasteiger partial charge in [0.2, 0.25) is 18.6 Å². The van der Waals surface area contributed by atoms with E-state index in [2.05, 4.69) is 15.5 Å². The molecule has 1 atom stereocenters. The molecule has 1 aliphatic carbocycles. The molecule has 8 nitrogen and oxygen atoms in total. The highest BCUT2D eigenvalue weighted by molar-refractivity contribution is 5.74. The van der Waals surface area contributed by atoms with Crippen LogP contribution in [0, 0.1) is 0 Å². The van der Waals surface area contributed by atoms with Gasteiger partial charge in [-0.25, -0.2) is 4.79 Å². The summed E-state index contributed by atoms with van der Waals surface area (Å²) in [4.78, 5) is 14.6. The summed E-state index contributed by atoms with van der Waals surface area (Å²) >= 11 is 0. The molecule has 29 heavy (non-hydrogen) atoms. The van der Waals surface area contributed by atoms with E-state index in [1.165, 1.54) is 19.3 Å². The number of hydrogen-bond donors (Lipinski definition) is 1. The Hall–Kier alpha value is -2.77. The Morgan fingerprint density at radius 1 is 1.03 bits per heavy atom. The third kappa shape index (κ3) is 3.88. The molecule has 1 saturated heterocycles. The normalized spacial score (nSPS) is 21.9. The average molecular weight is 398 g/mol. The number of fused-ring (bicyclic) bond motifs is 1. The van der Waals surface area contributed by atoms with Crippen molar-refractivity contribution in [2.24, 2.45) is 0 Å². The van der Waals surface area contributed by atoms with E-state index in [9.17, 15) is 4.79 Å². The first-order valence-electron chi connectivity index (χ1n) is 10.5. The monoisotopic (exact) mass is 398 g/mol. The predicted octanol–water partition coefficient (Wildman–Crippen LogP) is 3.69. The molecule has 154 valence electrons. The highest BCUT2D eigenvalue weighted by Crippen LogP contribution is 2.36. The number of rotatable bonds is 3. The van der Waals surface area contributed by atoms with Gasteiger partial charge in [0.15, 0.2) is 11.5 Å². The SMILES string of the molecule is O=C(NC1CCCCC1)N1CCCC(c2nnc(-c3ccc4c(c3)OCO4)o2)C1. The molecule has 1 unspecified atom stereocenters. The molecule has 2 amide bonds. The fourth-order valence-corrected chi connectivity index (χ4v) is 4.42. The summed E-state index contributed by atoms with van der Waals surface area (Å²) < 4.78 is 16.7. The number of nitrogens with zero attached hydrogens (tertiary/aromatic N) is 3. The Morgan fingerprint density at radius 2 is 1.90 bits per heavy atom. The number of hydrogen-bond acceptors (Lipinski definition) is 6. The zero-order chi connectivity index (χ0) is 19.6. The molecule has 3 aliphatic rings. The number of likely N-dealkylation sites (tertiary alicyclic amines) is 1. The van der Waals surface area contributed by atoms with Gasteiger partial charge in [0.05, 0.1) is 5.92 Å². The molecule has 1 aromatic carbocycles. The van der Waals surface area contributed by atoms with E-state index in [1.54, 1.807) is 0 Å². The Bertz CT molecular complexity index is 877. The van der Waals surface area contributed by atoms with Gasteiger partial charge in [-0.1, -0.05) is 19.3 Å². The van der Waals surface area contributed by atoms with E-state index in [0.29, 0.717) is 30.1 Å². The maximum Gasteiger partial charge on any atom is 0.317 e. The summed E-state index contributed by atoms with van der Waals surface area (Å²) in [6.45, 7) is 1.62. The van der Waals surface area contributed by atoms with Crippen LogP contribution in [0.4, 0.5) is 4.79 Å². The van der Waals surface area contributed by atoms with Gasteiger partial charge in [0.1, 0.15) is 0 Å². The molecule has 1 saturated carbocycles. The number of carbonyl (C=O) groups is 1. The number of benzene rings is 1. The molecule has 0 bridgehead atoms. The number of urea groups is 1. The van der Waals surface area contributed by atoms with Crippen LogP contribution in [0.2, 0.25) is 0 Å². The lowest BCUT2D eigenvalue weighted by atomic mass is 9.95. The van der Waals surface area contributed by atoms with Crippen LogP contribution in [0.5, 0.6) is 11.5 Å². The van der Waals surface area contributed by atoms with Crippen LogP contribution in [-0.4, -0.2) is 47.1 Å². The van der Waals surface area contributed by atoms with Gasteiger partial charge >= 0.3 is 6.03 Å². The Kier molecular flexibility index (Phi) is 4.99. The lowest BCUT2D eigenvalue weighted by molar-refractivity contribution is 0.168. The van der Waals surface area contributed by atoms with Crippen molar-refractivity contribution >= 4 is 6.03 Å². The lowest BCUT2D eigenvalue weighted by Gasteiger charge is -2.33. The van der Waals surface area contributed by atoms with Crippen LogP contribution in [0.15, 0.2) is 22.6 Å². The predicted molar refractivity (Wildman–Crippen MR) is 105 cm³/mol. The third-order valence-electron chi connectivity index (χ3n) is 6.05. The van der Waals surface area contributed by atoms with E-state index in [4.69, 9.17) is 13.9 Å². The zero-order valence-corrected chi connectivity index (χ0v) is 16.4. The second kappa shape index (κ2) is 7.93. The van der Waals surface area contributed by atoms with Crippen molar-refractivity contribution < 1.29 is 18.7 Å². The van der Waals surface area contributed by atoms with Crippen molar-refractivity contribution in [1.82, 2.24) is 20.4 Å². The molecule has 1 N–H and O–H groups in total. The summed E-state index contributed by atoms with van der Waals surface area (Å²) in [5, 5.41) is 11.7. The second-order valence-corrected chi connectivity index (χ2v) is 8.08. The fraction of sp³-hybridized carbons (Fsp3) is 0.571. The van der Waals surface area contributed by atoms with Crippen molar-refractivity contribution in [2.45, 2.75) is 56.9 Å². The molecule has 2 aromatic rings. The lowest BCUT2D eigenvalue weighted by Crippen LogP contribution is -2.48. The first-order valence-corrected chi connectivity index (χ1v) is 10.5. The summed E-state index contributed by atoms with van der Waals surface area (Å²) in [6.07, 6.45) is 7.75. The summed E-state index contributed by atoms with van der Waals surface area (Å²) in [5.41, 5.74) is 0.802. The standard InChI is InChI=1S/C21H26N4O4/c26-21(22-16-6-2-1-3-7-16)25-10-4-5-15(12-25)20-24-23-19(29-20)14-8-9-17-18(11-14)28-13-27-17/h8-9,11,15-16H,1-7,10,12-13H2,(H,22,26). The molecule has 5 rings (SSSR count). The van der Waals surface area contributed by atoms with Crippen molar-refractivity contribution in [2.75, 3.05) is 19.9 Å². The molecular formula is C21H26N4O4. The van der Waals surface area contributed by atoms with Gasteiger partial charge in [-0.15, -0.1) is 10.2 Å². The molecule has 2 fully saturated rings. The summed E-state index contributed by atoms with van der Waals surface area (Å²) in [5.74, 6) is 2.52. The second-order valence-electron chi connectivity index (χ2n) is 8.08. The molecule has 3 heterocycles. The van der Waals surface area contributed by atoms with Crippen LogP contribution < -0.4 is 14.8 Å². The quantitative estimate of drug-likeness (QED) is 0.848. The van der Waals surface area contributed by atoms with Gasteiger partial charge in [-0.3, -0.25) is 0 Å². The summed E-state index contributed by atoms with van der Waals surface area (Å²) in [7, 11) is 0. The van der Waals surface area contributed by atoms with Crippen LogP contribution in [-0.2, 0) is 0 Å². The maximum absolute atomic E-state index is 12.7. The van der Waals surface area contributed by atoms with E-state index >= 15 is 0 Å². The number of nitrogens with one attached hydrogen (secondary N) is 1. The molecule has 0 radical (unpaired) electrons. The van der Waals surface area contributed by atoms with Crippen LogP contribution in [0.1, 0.15) is 56.8 Å². The molecule has 8 heteroatoms. The number of amides is 2. The Labute approximate surface area is 169 Å². The van der Waals surface area contributed by atoms with Gasteiger partial charge in [0.25, 0.3) is 0 Å². The molecular weight excluding hydrogens is 372 g/mol. The number of piperidine rings is 1. The van der Waals surface area contributed by atoms with Gasteiger partial charge in [-0.05, 0) is 43.9 Å². The van der Waals surface area contributed by atoms with Gasteiger partial charge in [0, 0.05) is 24.7 Å². The average Bonchev–Trinajstić information content (AvgIpc) is 3.44. The number of ether oxygens (including phenoxy) is 2. The van der Waals surface area contributed by atoms with Crippen molar-refractivity contribution in [3.8, 4) is 23.0 Å². The zero-order valence-electron chi connectivity index (χ0n) is 16.4. The third-order valence-corrected chi connectivity index (χ3v) is 6.05. The molecule has 2 aliphatic heterocycles. The largest absolute Gasteiger partial charge is 0.454 e. The van der Waals surface area contributed by atoms with Crippen molar-refractivity contribution in [1.29, 1.82) is 0 Å². The van der Waals surface area contributed by atoms with E-state index < -0.39 is 0 Å². The molecule has 1 aromatic heterocycles.